The second kappa shape index (κ2) is 8.70. The van der Waals surface area contributed by atoms with Crippen molar-refractivity contribution in [2.45, 2.75) is 43.9 Å². The summed E-state index contributed by atoms with van der Waals surface area (Å²) in [6.45, 7) is 1.73. The summed E-state index contributed by atoms with van der Waals surface area (Å²) in [7, 11) is 0. The van der Waals surface area contributed by atoms with Crippen molar-refractivity contribution in [3.05, 3.63) is 63.6 Å². The van der Waals surface area contributed by atoms with E-state index >= 15 is 0 Å². The minimum atomic E-state index is -0.600. The lowest BCUT2D eigenvalue weighted by Gasteiger charge is -2.43. The van der Waals surface area contributed by atoms with Crippen LogP contribution >= 0.6 is 23.2 Å². The normalized spacial score (nSPS) is 24.7. The molecule has 3 N–H and O–H groups in total. The molecule has 0 aliphatic carbocycles. The number of hydrogen-bond acceptors (Lipinski definition) is 4. The molecule has 1 fully saturated rings. The first kappa shape index (κ1) is 20.9. The zero-order valence-electron chi connectivity index (χ0n) is 15.5. The second-order valence-corrected chi connectivity index (χ2v) is 8.18. The van der Waals surface area contributed by atoms with E-state index in [1.54, 1.807) is 24.3 Å². The number of carbonyl (C=O) groups excluding carboxylic acids is 1. The maximum Gasteiger partial charge on any atom is 0.222 e. The van der Waals surface area contributed by atoms with E-state index in [2.05, 4.69) is 5.32 Å². The van der Waals surface area contributed by atoms with Gasteiger partial charge in [0, 0.05) is 35.4 Å². The van der Waals surface area contributed by atoms with Gasteiger partial charge in [-0.1, -0.05) is 47.5 Å². The van der Waals surface area contributed by atoms with Crippen LogP contribution in [0.1, 0.15) is 49.5 Å². The van der Waals surface area contributed by atoms with Gasteiger partial charge in [0.2, 0.25) is 5.91 Å². The highest BCUT2D eigenvalue weighted by molar-refractivity contribution is 6.32. The second-order valence-electron chi connectivity index (χ2n) is 7.34. The molecular weight excluding hydrogens is 401 g/mol. The van der Waals surface area contributed by atoms with Gasteiger partial charge in [-0.05, 0) is 30.7 Å². The van der Waals surface area contributed by atoms with E-state index in [9.17, 15) is 9.90 Å². The van der Waals surface area contributed by atoms with Crippen LogP contribution in [0.25, 0.3) is 0 Å². The Morgan fingerprint density at radius 3 is 2.64 bits per heavy atom. The summed E-state index contributed by atoms with van der Waals surface area (Å²) in [5.74, 6) is -0.254. The molecule has 3 atom stereocenters. The number of aromatic hydroxyl groups is 1. The Morgan fingerprint density at radius 1 is 1.21 bits per heavy atom. The summed E-state index contributed by atoms with van der Waals surface area (Å²) in [6, 6.07) is 12.5. The van der Waals surface area contributed by atoms with E-state index in [1.807, 2.05) is 25.1 Å². The molecule has 150 valence electrons. The van der Waals surface area contributed by atoms with Gasteiger partial charge in [0.25, 0.3) is 0 Å². The highest BCUT2D eigenvalue weighted by atomic mass is 35.5. The molecule has 3 rings (SSSR count). The molecule has 1 aliphatic heterocycles. The van der Waals surface area contributed by atoms with E-state index in [1.165, 1.54) is 0 Å². The van der Waals surface area contributed by atoms with Gasteiger partial charge in [0.1, 0.15) is 5.75 Å². The SMILES string of the molecule is C[C@@]1(NC(=O)CCO)C[C@@H](c2cccc(Cl)c2)O[C@@H](c2cccc(Cl)c2O)C1. The Morgan fingerprint density at radius 2 is 1.93 bits per heavy atom. The third kappa shape index (κ3) is 4.78. The van der Waals surface area contributed by atoms with E-state index < -0.39 is 11.6 Å². The molecule has 0 spiro atoms. The molecule has 0 aromatic heterocycles. The van der Waals surface area contributed by atoms with Crippen molar-refractivity contribution in [3.63, 3.8) is 0 Å². The molecule has 1 aliphatic rings. The van der Waals surface area contributed by atoms with Crippen LogP contribution in [-0.2, 0) is 9.53 Å². The Kier molecular flexibility index (Phi) is 6.50. The largest absolute Gasteiger partial charge is 0.506 e. The molecule has 5 nitrogen and oxygen atoms in total. The topological polar surface area (TPSA) is 78.8 Å². The van der Waals surface area contributed by atoms with Crippen LogP contribution in [0.3, 0.4) is 0 Å². The van der Waals surface area contributed by atoms with Gasteiger partial charge in [-0.15, -0.1) is 0 Å². The minimum absolute atomic E-state index is 0.0232. The van der Waals surface area contributed by atoms with E-state index in [-0.39, 0.29) is 35.8 Å². The van der Waals surface area contributed by atoms with Crippen molar-refractivity contribution < 1.29 is 19.7 Å². The zero-order valence-corrected chi connectivity index (χ0v) is 17.0. The average Bonchev–Trinajstić information content (AvgIpc) is 2.63. The summed E-state index contributed by atoms with van der Waals surface area (Å²) < 4.78 is 6.31. The number of hydrogen-bond donors (Lipinski definition) is 3. The number of phenolic OH excluding ortho intramolecular Hbond substituents is 1. The van der Waals surface area contributed by atoms with Gasteiger partial charge in [-0.3, -0.25) is 4.79 Å². The Bertz CT molecular complexity index is 860. The number of aliphatic hydroxyl groups is 1. The molecule has 2 aromatic rings. The lowest BCUT2D eigenvalue weighted by atomic mass is 9.81. The van der Waals surface area contributed by atoms with Crippen molar-refractivity contribution in [2.75, 3.05) is 6.61 Å². The third-order valence-corrected chi connectivity index (χ3v) is 5.51. The molecule has 28 heavy (non-hydrogen) atoms. The summed E-state index contributed by atoms with van der Waals surface area (Å²) in [4.78, 5) is 12.2. The van der Waals surface area contributed by atoms with Gasteiger partial charge in [-0.2, -0.15) is 0 Å². The number of rotatable bonds is 5. The number of para-hydroxylation sites is 1. The molecule has 0 radical (unpaired) electrons. The smallest absolute Gasteiger partial charge is 0.222 e. The quantitative estimate of drug-likeness (QED) is 0.658. The average molecular weight is 424 g/mol. The number of aliphatic hydroxyl groups excluding tert-OH is 1. The molecule has 1 saturated heterocycles. The minimum Gasteiger partial charge on any atom is -0.506 e. The monoisotopic (exact) mass is 423 g/mol. The third-order valence-electron chi connectivity index (χ3n) is 4.97. The van der Waals surface area contributed by atoms with Crippen LogP contribution in [0.2, 0.25) is 10.0 Å². The molecule has 1 amide bonds. The first-order valence-electron chi connectivity index (χ1n) is 9.11. The van der Waals surface area contributed by atoms with Gasteiger partial charge in [0.05, 0.1) is 23.8 Å². The van der Waals surface area contributed by atoms with Crippen LogP contribution in [0, 0.1) is 0 Å². The van der Waals surface area contributed by atoms with Gasteiger partial charge >= 0.3 is 0 Å². The maximum absolute atomic E-state index is 12.2. The zero-order chi connectivity index (χ0) is 20.3. The maximum atomic E-state index is 12.2. The number of nitrogens with one attached hydrogen (secondary N) is 1. The lowest BCUT2D eigenvalue weighted by Crippen LogP contribution is -2.51. The summed E-state index contributed by atoms with van der Waals surface area (Å²) in [6.07, 6.45) is 0.203. The van der Waals surface area contributed by atoms with Crippen molar-refractivity contribution >= 4 is 29.1 Å². The number of benzene rings is 2. The Balaban J connectivity index is 1.96. The van der Waals surface area contributed by atoms with Crippen LogP contribution in [0.4, 0.5) is 0 Å². The lowest BCUT2D eigenvalue weighted by molar-refractivity contribution is -0.129. The molecule has 0 bridgehead atoms. The van der Waals surface area contributed by atoms with Crippen molar-refractivity contribution in [1.29, 1.82) is 0 Å². The molecule has 0 unspecified atom stereocenters. The molecule has 0 saturated carbocycles. The fourth-order valence-electron chi connectivity index (χ4n) is 3.68. The Labute approximate surface area is 174 Å². The van der Waals surface area contributed by atoms with E-state index in [4.69, 9.17) is 33.0 Å². The number of amides is 1. The van der Waals surface area contributed by atoms with Crippen molar-refractivity contribution in [2.24, 2.45) is 0 Å². The molecular formula is C21H23Cl2NO4. The van der Waals surface area contributed by atoms with Gasteiger partial charge in [-0.25, -0.2) is 0 Å². The number of phenols is 1. The van der Waals surface area contributed by atoms with Crippen LogP contribution in [0.5, 0.6) is 5.75 Å². The standard InChI is InChI=1S/C21H23Cl2NO4/c1-21(24-19(26)8-9-25)11-17(13-4-2-5-14(22)10-13)28-18(12-21)15-6-3-7-16(23)20(15)27/h2-7,10,17-18,25,27H,8-9,11-12H2,1H3,(H,24,26)/t17-,18+,21+/m0/s1. The fraction of sp³-hybridized carbons (Fsp3) is 0.381. The predicted octanol–water partition coefficient (Wildman–Crippen LogP) is 4.55. The summed E-state index contributed by atoms with van der Waals surface area (Å²) in [5, 5.41) is 23.4. The molecule has 7 heteroatoms. The van der Waals surface area contributed by atoms with E-state index in [0.717, 1.165) is 5.56 Å². The number of carbonyl (C=O) groups is 1. The van der Waals surface area contributed by atoms with Crippen molar-refractivity contribution in [3.8, 4) is 5.75 Å². The Hall–Kier alpha value is -1.79. The predicted molar refractivity (Wildman–Crippen MR) is 109 cm³/mol. The van der Waals surface area contributed by atoms with Crippen LogP contribution in [0.15, 0.2) is 42.5 Å². The number of ether oxygens (including phenoxy) is 1. The summed E-state index contributed by atoms with van der Waals surface area (Å²) >= 11 is 12.2. The highest BCUT2D eigenvalue weighted by Gasteiger charge is 2.41. The van der Waals surface area contributed by atoms with Crippen LogP contribution < -0.4 is 5.32 Å². The highest BCUT2D eigenvalue weighted by Crippen LogP contribution is 2.46. The van der Waals surface area contributed by atoms with Gasteiger partial charge < -0.3 is 20.3 Å². The summed E-state index contributed by atoms with van der Waals surface area (Å²) in [5.41, 5.74) is 0.861. The number of halogens is 2. The first-order valence-corrected chi connectivity index (χ1v) is 9.87. The van der Waals surface area contributed by atoms with E-state index in [0.29, 0.717) is 23.4 Å². The van der Waals surface area contributed by atoms with Crippen LogP contribution in [-0.4, -0.2) is 28.3 Å². The molecule has 2 aromatic carbocycles. The fourth-order valence-corrected chi connectivity index (χ4v) is 4.06. The van der Waals surface area contributed by atoms with Crippen molar-refractivity contribution in [1.82, 2.24) is 5.32 Å². The first-order chi connectivity index (χ1) is 13.3. The molecule has 1 heterocycles. The van der Waals surface area contributed by atoms with Gasteiger partial charge in [0.15, 0.2) is 0 Å².